The van der Waals surface area contributed by atoms with Gasteiger partial charge in [0.15, 0.2) is 5.17 Å². The average Bonchev–Trinajstić information content (AvgIpc) is 3.05. The second-order valence-corrected chi connectivity index (χ2v) is 7.69. The molecule has 4 rings (SSSR count). The maximum atomic E-state index is 5.82. The van der Waals surface area contributed by atoms with Crippen LogP contribution in [-0.2, 0) is 11.3 Å². The van der Waals surface area contributed by atoms with Crippen LogP contribution in [0.5, 0.6) is 0 Å². The lowest BCUT2D eigenvalue weighted by molar-refractivity contribution is 0.0903. The lowest BCUT2D eigenvalue weighted by Crippen LogP contribution is -2.37. The molecule has 1 saturated heterocycles. The van der Waals surface area contributed by atoms with Crippen molar-refractivity contribution in [2.75, 3.05) is 20.2 Å². The van der Waals surface area contributed by atoms with Gasteiger partial charge < -0.3 is 9.64 Å². The second-order valence-electron chi connectivity index (χ2n) is 6.73. The Morgan fingerprint density at radius 2 is 2.21 bits per heavy atom. The molecule has 1 atom stereocenters. The molecule has 0 bridgehead atoms. The second kappa shape index (κ2) is 6.37. The Kier molecular flexibility index (Phi) is 4.22. The highest BCUT2D eigenvalue weighted by Gasteiger charge is 2.27. The summed E-state index contributed by atoms with van der Waals surface area (Å²) >= 11 is 1.69. The van der Waals surface area contributed by atoms with E-state index in [0.717, 1.165) is 41.8 Å². The number of aromatic nitrogens is 1. The Labute approximate surface area is 147 Å². The van der Waals surface area contributed by atoms with E-state index in [2.05, 4.69) is 41.9 Å². The number of benzene rings is 1. The Morgan fingerprint density at radius 3 is 2.96 bits per heavy atom. The summed E-state index contributed by atoms with van der Waals surface area (Å²) in [5.41, 5.74) is 4.93. The number of ether oxygens (including phenoxy) is 1. The minimum absolute atomic E-state index is 0.335. The van der Waals surface area contributed by atoms with Crippen molar-refractivity contribution in [1.29, 1.82) is 0 Å². The third-order valence-corrected chi connectivity index (χ3v) is 5.92. The molecule has 3 heterocycles. The molecule has 0 aliphatic carbocycles. The van der Waals surface area contributed by atoms with Crippen molar-refractivity contribution in [3.63, 3.8) is 0 Å². The van der Waals surface area contributed by atoms with E-state index in [4.69, 9.17) is 9.72 Å². The molecule has 24 heavy (non-hydrogen) atoms. The van der Waals surface area contributed by atoms with Crippen molar-refractivity contribution in [2.24, 2.45) is 4.99 Å². The lowest BCUT2D eigenvalue weighted by atomic mass is 10.1. The van der Waals surface area contributed by atoms with E-state index in [1.54, 1.807) is 11.8 Å². The van der Waals surface area contributed by atoms with E-state index in [1.165, 1.54) is 28.5 Å². The summed E-state index contributed by atoms with van der Waals surface area (Å²) in [6, 6.07) is 6.74. The molecule has 0 N–H and O–H groups in total. The summed E-state index contributed by atoms with van der Waals surface area (Å²) < 4.78 is 5.82. The van der Waals surface area contributed by atoms with Crippen LogP contribution in [0.15, 0.2) is 28.2 Å². The zero-order chi connectivity index (χ0) is 16.7. The summed E-state index contributed by atoms with van der Waals surface area (Å²) in [4.78, 5) is 11.8. The van der Waals surface area contributed by atoms with E-state index in [-0.39, 0.29) is 0 Å². The molecular formula is C19H23N3OS. The SMILES string of the molecule is CN=C1Sc2nc3c(C)cc(C)cc3cc2CN1CC1CCCO1. The van der Waals surface area contributed by atoms with Crippen LogP contribution in [0.1, 0.15) is 29.5 Å². The number of rotatable bonds is 2. The number of amidine groups is 1. The highest BCUT2D eigenvalue weighted by atomic mass is 32.2. The first-order valence-corrected chi connectivity index (χ1v) is 9.38. The van der Waals surface area contributed by atoms with Crippen LogP contribution in [0.4, 0.5) is 0 Å². The quantitative estimate of drug-likeness (QED) is 0.830. The summed E-state index contributed by atoms with van der Waals surface area (Å²) in [7, 11) is 1.87. The molecule has 0 spiro atoms. The van der Waals surface area contributed by atoms with E-state index < -0.39 is 0 Å². The molecule has 126 valence electrons. The van der Waals surface area contributed by atoms with Gasteiger partial charge in [-0.15, -0.1) is 0 Å². The van der Waals surface area contributed by atoms with Gasteiger partial charge in [-0.1, -0.05) is 11.6 Å². The first-order chi connectivity index (χ1) is 11.6. The van der Waals surface area contributed by atoms with Gasteiger partial charge in [0, 0.05) is 37.7 Å². The molecule has 1 aromatic carbocycles. The fraction of sp³-hybridized carbons (Fsp3) is 0.474. The molecule has 4 nitrogen and oxygen atoms in total. The zero-order valence-corrected chi connectivity index (χ0v) is 15.3. The van der Waals surface area contributed by atoms with E-state index in [0.29, 0.717) is 6.10 Å². The average molecular weight is 341 g/mol. The largest absolute Gasteiger partial charge is 0.376 e. The fourth-order valence-electron chi connectivity index (χ4n) is 3.67. The van der Waals surface area contributed by atoms with Crippen molar-refractivity contribution in [3.8, 4) is 0 Å². The molecule has 1 unspecified atom stereocenters. The smallest absolute Gasteiger partial charge is 0.165 e. The molecular weight excluding hydrogens is 318 g/mol. The fourth-order valence-corrected chi connectivity index (χ4v) is 4.59. The molecule has 5 heteroatoms. The van der Waals surface area contributed by atoms with Gasteiger partial charge in [0.25, 0.3) is 0 Å². The van der Waals surface area contributed by atoms with Gasteiger partial charge in [-0.3, -0.25) is 4.99 Å². The lowest BCUT2D eigenvalue weighted by Gasteiger charge is -2.32. The van der Waals surface area contributed by atoms with Gasteiger partial charge in [-0.2, -0.15) is 0 Å². The Hall–Kier alpha value is -1.59. The molecule has 1 fully saturated rings. The normalized spacial score (nSPS) is 22.4. The van der Waals surface area contributed by atoms with Crippen LogP contribution in [0.2, 0.25) is 0 Å². The third-order valence-electron chi connectivity index (χ3n) is 4.75. The van der Waals surface area contributed by atoms with Crippen LogP contribution in [0.3, 0.4) is 0 Å². The monoisotopic (exact) mass is 341 g/mol. The predicted molar refractivity (Wildman–Crippen MR) is 99.8 cm³/mol. The highest BCUT2D eigenvalue weighted by Crippen LogP contribution is 2.34. The minimum Gasteiger partial charge on any atom is -0.376 e. The van der Waals surface area contributed by atoms with Crippen LogP contribution < -0.4 is 0 Å². The summed E-state index contributed by atoms with van der Waals surface area (Å²) in [5, 5.41) is 3.38. The first-order valence-electron chi connectivity index (χ1n) is 8.56. The molecule has 2 aliphatic heterocycles. The van der Waals surface area contributed by atoms with E-state index in [1.807, 2.05) is 7.05 Å². The van der Waals surface area contributed by atoms with Crippen LogP contribution in [0.25, 0.3) is 10.9 Å². The van der Waals surface area contributed by atoms with Gasteiger partial charge in [0.1, 0.15) is 5.03 Å². The summed E-state index contributed by atoms with van der Waals surface area (Å²) in [5.74, 6) is 0. The molecule has 0 radical (unpaired) electrons. The van der Waals surface area contributed by atoms with E-state index >= 15 is 0 Å². The van der Waals surface area contributed by atoms with Crippen LogP contribution in [0, 0.1) is 13.8 Å². The summed E-state index contributed by atoms with van der Waals surface area (Å²) in [6.07, 6.45) is 2.66. The maximum absolute atomic E-state index is 5.82. The number of pyridine rings is 1. The third kappa shape index (κ3) is 2.91. The predicted octanol–water partition coefficient (Wildman–Crippen LogP) is 3.92. The van der Waals surface area contributed by atoms with Crippen molar-refractivity contribution in [1.82, 2.24) is 9.88 Å². The number of aryl methyl sites for hydroxylation is 2. The van der Waals surface area contributed by atoms with Gasteiger partial charge in [-0.05, 0) is 56.1 Å². The minimum atomic E-state index is 0.335. The molecule has 2 aliphatic rings. The number of thioether (sulfide) groups is 1. The van der Waals surface area contributed by atoms with Crippen LogP contribution >= 0.6 is 11.8 Å². The Bertz CT molecular complexity index is 812. The van der Waals surface area contributed by atoms with Crippen LogP contribution in [-0.4, -0.2) is 41.4 Å². The number of fused-ring (bicyclic) bond motifs is 2. The zero-order valence-electron chi connectivity index (χ0n) is 14.5. The molecule has 2 aromatic rings. The van der Waals surface area contributed by atoms with Gasteiger partial charge in [0.2, 0.25) is 0 Å². The number of hydrogen-bond acceptors (Lipinski definition) is 4. The maximum Gasteiger partial charge on any atom is 0.165 e. The number of aliphatic imine (C=N–C) groups is 1. The summed E-state index contributed by atoms with van der Waals surface area (Å²) in [6.45, 7) is 6.97. The van der Waals surface area contributed by atoms with Gasteiger partial charge in [0.05, 0.1) is 11.6 Å². The first kappa shape index (κ1) is 15.9. The molecule has 0 amide bonds. The Morgan fingerprint density at radius 1 is 1.33 bits per heavy atom. The number of hydrogen-bond donors (Lipinski definition) is 0. The standard InChI is InChI=1S/C19H23N3OS/c1-12-7-13(2)17-14(8-12)9-15-10-22(11-16-5-4-6-23-16)19(20-3)24-18(15)21-17/h7-9,16H,4-6,10-11H2,1-3H3. The van der Waals surface area contributed by atoms with Crippen molar-refractivity contribution in [2.45, 2.75) is 44.4 Å². The van der Waals surface area contributed by atoms with Crippen molar-refractivity contribution < 1.29 is 4.74 Å². The Balaban J connectivity index is 1.70. The van der Waals surface area contributed by atoms with E-state index in [9.17, 15) is 0 Å². The molecule has 1 aromatic heterocycles. The topological polar surface area (TPSA) is 37.7 Å². The van der Waals surface area contributed by atoms with Crippen molar-refractivity contribution >= 4 is 27.8 Å². The van der Waals surface area contributed by atoms with Crippen molar-refractivity contribution in [3.05, 3.63) is 34.9 Å². The highest BCUT2D eigenvalue weighted by molar-refractivity contribution is 8.13. The van der Waals surface area contributed by atoms with Gasteiger partial charge >= 0.3 is 0 Å². The number of nitrogens with zero attached hydrogens (tertiary/aromatic N) is 3. The molecule has 0 saturated carbocycles. The van der Waals surface area contributed by atoms with Gasteiger partial charge in [-0.25, -0.2) is 4.98 Å².